The smallest absolute Gasteiger partial charge is 0.307 e. The van der Waals surface area contributed by atoms with Gasteiger partial charge < -0.3 is 19.9 Å². The van der Waals surface area contributed by atoms with Crippen LogP contribution in [0.15, 0.2) is 12.1 Å². The third-order valence-corrected chi connectivity index (χ3v) is 4.73. The molecule has 2 rings (SSSR count). The number of methoxy groups -OCH3 is 2. The fourth-order valence-electron chi connectivity index (χ4n) is 2.98. The molecule has 0 heterocycles. The van der Waals surface area contributed by atoms with E-state index in [0.29, 0.717) is 28.6 Å². The van der Waals surface area contributed by atoms with Crippen molar-refractivity contribution in [1.82, 2.24) is 0 Å². The lowest BCUT2D eigenvalue weighted by Crippen LogP contribution is -2.32. The molecule has 1 aliphatic carbocycles. The minimum atomic E-state index is -0.945. The zero-order valence-electron chi connectivity index (χ0n) is 13.5. The number of ether oxygens (including phenoxy) is 2. The van der Waals surface area contributed by atoms with Gasteiger partial charge in [-0.25, -0.2) is 0 Å². The molecule has 1 aromatic carbocycles. The molecule has 1 aliphatic rings. The average Bonchev–Trinajstić information content (AvgIpc) is 3.23. The molecule has 1 aromatic rings. The van der Waals surface area contributed by atoms with Crippen LogP contribution >= 0.6 is 11.6 Å². The zero-order chi connectivity index (χ0) is 17.4. The molecule has 2 atom stereocenters. The predicted octanol–water partition coefficient (Wildman–Crippen LogP) is 3.04. The largest absolute Gasteiger partial charge is 0.493 e. The number of carboxylic acid groups (broad SMARTS) is 1. The lowest BCUT2D eigenvalue weighted by Gasteiger charge is -2.21. The number of hydrogen-bond donors (Lipinski definition) is 2. The Morgan fingerprint density at radius 2 is 2.00 bits per heavy atom. The number of nitrogens with one attached hydrogen (secondary N) is 1. The maximum Gasteiger partial charge on any atom is 0.307 e. The number of halogens is 1. The van der Waals surface area contributed by atoms with Crippen molar-refractivity contribution in [3.05, 3.63) is 17.2 Å². The normalized spacial score (nSPS) is 22.6. The third-order valence-electron chi connectivity index (χ3n) is 4.45. The highest BCUT2D eigenvalue weighted by Crippen LogP contribution is 2.58. The highest BCUT2D eigenvalue weighted by atomic mass is 35.5. The van der Waals surface area contributed by atoms with E-state index in [1.54, 1.807) is 12.1 Å². The number of anilines is 1. The molecule has 1 saturated carbocycles. The SMILES string of the molecule is COc1cc(NC(=O)[C@]2(C(C)C)C[C@@H]2C(=O)O)cc(Cl)c1OC. The molecule has 0 unspecified atom stereocenters. The summed E-state index contributed by atoms with van der Waals surface area (Å²) in [7, 11) is 2.94. The summed E-state index contributed by atoms with van der Waals surface area (Å²) in [5.41, 5.74) is -0.445. The van der Waals surface area contributed by atoms with Gasteiger partial charge in [-0.1, -0.05) is 25.4 Å². The molecule has 0 bridgehead atoms. The van der Waals surface area contributed by atoms with Gasteiger partial charge in [-0.2, -0.15) is 0 Å². The quantitative estimate of drug-likeness (QED) is 0.830. The van der Waals surface area contributed by atoms with Crippen LogP contribution in [0.2, 0.25) is 5.02 Å². The van der Waals surface area contributed by atoms with Gasteiger partial charge in [0.05, 0.1) is 30.6 Å². The van der Waals surface area contributed by atoms with Crippen molar-refractivity contribution >= 4 is 29.2 Å². The van der Waals surface area contributed by atoms with Crippen molar-refractivity contribution in [2.45, 2.75) is 20.3 Å². The van der Waals surface area contributed by atoms with E-state index in [9.17, 15) is 14.7 Å². The topological polar surface area (TPSA) is 84.9 Å². The standard InChI is InChI=1S/C16H20ClNO5/c1-8(2)16(7-10(16)14(19)20)15(21)18-9-5-11(17)13(23-4)12(6-9)22-3/h5-6,8,10H,7H2,1-4H3,(H,18,21)(H,19,20)/t10-,16+/m1/s1. The van der Waals surface area contributed by atoms with Gasteiger partial charge in [0.15, 0.2) is 11.5 Å². The van der Waals surface area contributed by atoms with E-state index >= 15 is 0 Å². The van der Waals surface area contributed by atoms with Gasteiger partial charge in [0.2, 0.25) is 5.91 Å². The molecular weight excluding hydrogens is 322 g/mol. The summed E-state index contributed by atoms with van der Waals surface area (Å²) in [6.45, 7) is 3.70. The minimum absolute atomic E-state index is 0.0841. The Bertz CT molecular complexity index is 646. The first-order valence-electron chi connectivity index (χ1n) is 7.23. The van der Waals surface area contributed by atoms with Crippen molar-refractivity contribution in [2.75, 3.05) is 19.5 Å². The maximum absolute atomic E-state index is 12.6. The summed E-state index contributed by atoms with van der Waals surface area (Å²) in [6.07, 6.45) is 0.340. The Hall–Kier alpha value is -1.95. The van der Waals surface area contributed by atoms with E-state index in [1.807, 2.05) is 13.8 Å². The van der Waals surface area contributed by atoms with Gasteiger partial charge in [-0.15, -0.1) is 0 Å². The van der Waals surface area contributed by atoms with Crippen LogP contribution < -0.4 is 14.8 Å². The lowest BCUT2D eigenvalue weighted by molar-refractivity contribution is -0.141. The highest BCUT2D eigenvalue weighted by molar-refractivity contribution is 6.32. The number of hydrogen-bond acceptors (Lipinski definition) is 4. The molecule has 0 radical (unpaired) electrons. The molecule has 126 valence electrons. The first-order valence-corrected chi connectivity index (χ1v) is 7.61. The first-order chi connectivity index (χ1) is 10.8. The summed E-state index contributed by atoms with van der Waals surface area (Å²) < 4.78 is 10.3. The second-order valence-electron chi connectivity index (χ2n) is 5.94. The summed E-state index contributed by atoms with van der Waals surface area (Å²) in [4.78, 5) is 23.9. The van der Waals surface area contributed by atoms with Crippen LogP contribution in [0.4, 0.5) is 5.69 Å². The molecule has 6 nitrogen and oxygen atoms in total. The van der Waals surface area contributed by atoms with Crippen LogP contribution in [0.1, 0.15) is 20.3 Å². The van der Waals surface area contributed by atoms with Crippen LogP contribution in [0, 0.1) is 17.3 Å². The van der Waals surface area contributed by atoms with Crippen molar-refractivity contribution in [1.29, 1.82) is 0 Å². The number of aliphatic carboxylic acids is 1. The van der Waals surface area contributed by atoms with Gasteiger partial charge in [0, 0.05) is 11.8 Å². The van der Waals surface area contributed by atoms with Crippen LogP contribution in [0.5, 0.6) is 11.5 Å². The van der Waals surface area contributed by atoms with E-state index in [0.717, 1.165) is 0 Å². The number of carboxylic acids is 1. The predicted molar refractivity (Wildman–Crippen MR) is 86.2 cm³/mol. The Morgan fingerprint density at radius 3 is 2.43 bits per heavy atom. The van der Waals surface area contributed by atoms with Crippen molar-refractivity contribution in [2.24, 2.45) is 17.3 Å². The Balaban J connectivity index is 2.27. The van der Waals surface area contributed by atoms with Crippen molar-refractivity contribution in [3.63, 3.8) is 0 Å². The fraction of sp³-hybridized carbons (Fsp3) is 0.500. The molecule has 1 amide bonds. The zero-order valence-corrected chi connectivity index (χ0v) is 14.2. The van der Waals surface area contributed by atoms with Gasteiger partial charge in [0.1, 0.15) is 0 Å². The molecule has 23 heavy (non-hydrogen) atoms. The number of benzene rings is 1. The van der Waals surface area contributed by atoms with Gasteiger partial charge in [-0.3, -0.25) is 9.59 Å². The molecule has 1 fully saturated rings. The minimum Gasteiger partial charge on any atom is -0.493 e. The number of carbonyl (C=O) groups is 2. The summed E-state index contributed by atoms with van der Waals surface area (Å²) in [5, 5.41) is 12.3. The van der Waals surface area contributed by atoms with Crippen LogP contribution in [-0.4, -0.2) is 31.2 Å². The Labute approximate surface area is 139 Å². The number of amides is 1. The van der Waals surface area contributed by atoms with E-state index < -0.39 is 17.3 Å². The van der Waals surface area contributed by atoms with Gasteiger partial charge in [0.25, 0.3) is 0 Å². The van der Waals surface area contributed by atoms with Crippen molar-refractivity contribution in [3.8, 4) is 11.5 Å². The van der Waals surface area contributed by atoms with E-state index in [1.165, 1.54) is 14.2 Å². The second kappa shape index (κ2) is 6.28. The summed E-state index contributed by atoms with van der Waals surface area (Å²) in [6, 6.07) is 3.14. The molecule has 2 N–H and O–H groups in total. The number of rotatable bonds is 6. The molecule has 0 aromatic heterocycles. The van der Waals surface area contributed by atoms with E-state index in [4.69, 9.17) is 21.1 Å². The maximum atomic E-state index is 12.6. The molecular formula is C16H20ClNO5. The second-order valence-corrected chi connectivity index (χ2v) is 6.34. The van der Waals surface area contributed by atoms with Gasteiger partial charge in [-0.05, 0) is 18.4 Å². The van der Waals surface area contributed by atoms with Crippen LogP contribution in [0.3, 0.4) is 0 Å². The van der Waals surface area contributed by atoms with Crippen LogP contribution in [0.25, 0.3) is 0 Å². The molecule has 0 aliphatic heterocycles. The van der Waals surface area contributed by atoms with Gasteiger partial charge >= 0.3 is 5.97 Å². The first kappa shape index (κ1) is 17.4. The van der Waals surface area contributed by atoms with E-state index in [-0.39, 0.29) is 11.8 Å². The third kappa shape index (κ3) is 2.95. The monoisotopic (exact) mass is 341 g/mol. The average molecular weight is 342 g/mol. The fourth-order valence-corrected chi connectivity index (χ4v) is 3.26. The number of carbonyl (C=O) groups excluding carboxylic acids is 1. The highest BCUT2D eigenvalue weighted by Gasteiger charge is 2.65. The summed E-state index contributed by atoms with van der Waals surface area (Å²) in [5.74, 6) is -1.24. The van der Waals surface area contributed by atoms with Crippen molar-refractivity contribution < 1.29 is 24.2 Å². The lowest BCUT2D eigenvalue weighted by atomic mass is 9.88. The van der Waals surface area contributed by atoms with E-state index in [2.05, 4.69) is 5.32 Å². The molecule has 0 saturated heterocycles. The Kier molecular flexibility index (Phi) is 4.75. The van der Waals surface area contributed by atoms with Crippen LogP contribution in [-0.2, 0) is 9.59 Å². The Morgan fingerprint density at radius 1 is 1.35 bits per heavy atom. The molecule has 7 heteroatoms. The summed E-state index contributed by atoms with van der Waals surface area (Å²) >= 11 is 6.12. The molecule has 0 spiro atoms.